The standard InChI is InChI=1S/C21H38O4S/c1-4-5-6-7-8-9-10-11-12-13-14-15-16-19(21(23)25-3)26-18-17-20(22)24-2/h15-16,19H,4-14,17-18H2,1-3H3. The van der Waals surface area contributed by atoms with Crippen LogP contribution in [-0.4, -0.2) is 37.2 Å². The normalized spacial score (nSPS) is 12.3. The second kappa shape index (κ2) is 18.8. The maximum absolute atomic E-state index is 11.8. The van der Waals surface area contributed by atoms with E-state index in [1.165, 1.54) is 83.8 Å². The third-order valence-electron chi connectivity index (χ3n) is 4.30. The van der Waals surface area contributed by atoms with Crippen molar-refractivity contribution in [3.05, 3.63) is 12.2 Å². The number of carbonyl (C=O) groups is 2. The molecule has 0 amide bonds. The molecule has 0 rings (SSSR count). The van der Waals surface area contributed by atoms with Crippen molar-refractivity contribution in [2.24, 2.45) is 0 Å². The molecule has 152 valence electrons. The Morgan fingerprint density at radius 2 is 1.46 bits per heavy atom. The molecule has 0 N–H and O–H groups in total. The summed E-state index contributed by atoms with van der Waals surface area (Å²) in [6, 6.07) is 0. The maximum atomic E-state index is 11.8. The van der Waals surface area contributed by atoms with Crippen molar-refractivity contribution in [3.8, 4) is 0 Å². The first kappa shape index (κ1) is 25.0. The number of unbranched alkanes of at least 4 members (excludes halogenated alkanes) is 10. The van der Waals surface area contributed by atoms with E-state index < -0.39 is 0 Å². The summed E-state index contributed by atoms with van der Waals surface area (Å²) in [7, 11) is 2.77. The fourth-order valence-corrected chi connectivity index (χ4v) is 3.65. The van der Waals surface area contributed by atoms with Crippen LogP contribution in [0.5, 0.6) is 0 Å². The molecule has 0 aliphatic rings. The summed E-state index contributed by atoms with van der Waals surface area (Å²) in [5.41, 5.74) is 0. The molecule has 26 heavy (non-hydrogen) atoms. The molecule has 0 aromatic carbocycles. The third-order valence-corrected chi connectivity index (χ3v) is 5.45. The molecule has 1 atom stereocenters. The van der Waals surface area contributed by atoms with Crippen LogP contribution < -0.4 is 0 Å². The number of thioether (sulfide) groups is 1. The first-order valence-electron chi connectivity index (χ1n) is 10.1. The molecule has 0 bridgehead atoms. The van der Waals surface area contributed by atoms with Gasteiger partial charge < -0.3 is 9.47 Å². The molecule has 0 aliphatic carbocycles. The Morgan fingerprint density at radius 3 is 2.00 bits per heavy atom. The van der Waals surface area contributed by atoms with Gasteiger partial charge in [0.1, 0.15) is 5.25 Å². The van der Waals surface area contributed by atoms with Crippen LogP contribution in [0.4, 0.5) is 0 Å². The molecular weight excluding hydrogens is 348 g/mol. The minimum Gasteiger partial charge on any atom is -0.469 e. The largest absolute Gasteiger partial charge is 0.469 e. The predicted octanol–water partition coefficient (Wildman–Crippen LogP) is 5.69. The molecule has 0 aromatic heterocycles. The minimum atomic E-state index is -0.340. The van der Waals surface area contributed by atoms with E-state index in [9.17, 15) is 9.59 Å². The van der Waals surface area contributed by atoms with Crippen LogP contribution in [0.3, 0.4) is 0 Å². The van der Waals surface area contributed by atoms with Crippen LogP contribution in [0.2, 0.25) is 0 Å². The van der Waals surface area contributed by atoms with Gasteiger partial charge in [-0.3, -0.25) is 9.59 Å². The summed E-state index contributed by atoms with van der Waals surface area (Å²) < 4.78 is 9.44. The molecule has 0 radical (unpaired) electrons. The average Bonchev–Trinajstić information content (AvgIpc) is 2.66. The third kappa shape index (κ3) is 15.3. The molecular formula is C21H38O4S. The van der Waals surface area contributed by atoms with E-state index in [1.54, 1.807) is 0 Å². The second-order valence-electron chi connectivity index (χ2n) is 6.54. The zero-order chi connectivity index (χ0) is 19.5. The second-order valence-corrected chi connectivity index (χ2v) is 7.79. The fourth-order valence-electron chi connectivity index (χ4n) is 2.66. The van der Waals surface area contributed by atoms with E-state index in [-0.39, 0.29) is 17.2 Å². The highest BCUT2D eigenvalue weighted by molar-refractivity contribution is 8.00. The van der Waals surface area contributed by atoms with Crippen molar-refractivity contribution in [3.63, 3.8) is 0 Å². The van der Waals surface area contributed by atoms with Crippen LogP contribution >= 0.6 is 11.8 Å². The summed E-state index contributed by atoms with van der Waals surface area (Å²) in [5.74, 6) is 0.0318. The van der Waals surface area contributed by atoms with Gasteiger partial charge in [0.25, 0.3) is 0 Å². The molecule has 0 saturated carbocycles. The topological polar surface area (TPSA) is 52.6 Å². The van der Waals surface area contributed by atoms with E-state index in [2.05, 4.69) is 17.7 Å². The minimum absolute atomic E-state index is 0.254. The van der Waals surface area contributed by atoms with Crippen molar-refractivity contribution in [2.45, 2.75) is 89.2 Å². The van der Waals surface area contributed by atoms with Gasteiger partial charge in [-0.05, 0) is 12.8 Å². The molecule has 0 saturated heterocycles. The van der Waals surface area contributed by atoms with Gasteiger partial charge >= 0.3 is 11.9 Å². The fraction of sp³-hybridized carbons (Fsp3) is 0.810. The molecule has 4 nitrogen and oxygen atoms in total. The van der Waals surface area contributed by atoms with Gasteiger partial charge in [-0.1, -0.05) is 76.9 Å². The highest BCUT2D eigenvalue weighted by atomic mass is 32.2. The summed E-state index contributed by atoms with van der Waals surface area (Å²) in [6.07, 6.45) is 18.5. The number of allylic oxidation sites excluding steroid dienone is 1. The van der Waals surface area contributed by atoms with Gasteiger partial charge in [0.05, 0.1) is 20.6 Å². The SMILES string of the molecule is CCCCCCCCCCCCC=CC(SCCC(=O)OC)C(=O)OC. The zero-order valence-electron chi connectivity index (χ0n) is 17.0. The number of carbonyl (C=O) groups excluding carboxylic acids is 2. The van der Waals surface area contributed by atoms with Gasteiger partial charge in [-0.15, -0.1) is 11.8 Å². The lowest BCUT2D eigenvalue weighted by atomic mass is 10.1. The van der Waals surface area contributed by atoms with Crippen molar-refractivity contribution in [1.29, 1.82) is 0 Å². The number of ether oxygens (including phenoxy) is 2. The molecule has 0 aliphatic heterocycles. The number of methoxy groups -OCH3 is 2. The molecule has 5 heteroatoms. The predicted molar refractivity (Wildman–Crippen MR) is 110 cm³/mol. The van der Waals surface area contributed by atoms with E-state index in [0.717, 1.165) is 12.8 Å². The van der Waals surface area contributed by atoms with E-state index in [1.807, 2.05) is 6.08 Å². The summed E-state index contributed by atoms with van der Waals surface area (Å²) in [4.78, 5) is 22.9. The molecule has 0 fully saturated rings. The van der Waals surface area contributed by atoms with Gasteiger partial charge in [0.2, 0.25) is 0 Å². The Kier molecular flexibility index (Phi) is 18.1. The van der Waals surface area contributed by atoms with Crippen molar-refractivity contribution in [1.82, 2.24) is 0 Å². The Hall–Kier alpha value is -0.970. The zero-order valence-corrected chi connectivity index (χ0v) is 17.8. The maximum Gasteiger partial charge on any atom is 0.322 e. The van der Waals surface area contributed by atoms with E-state index >= 15 is 0 Å². The lowest BCUT2D eigenvalue weighted by Crippen LogP contribution is -2.17. The number of rotatable bonds is 17. The number of hydrogen-bond acceptors (Lipinski definition) is 5. The van der Waals surface area contributed by atoms with Gasteiger partial charge in [-0.25, -0.2) is 0 Å². The van der Waals surface area contributed by atoms with Crippen LogP contribution in [0.1, 0.15) is 84.0 Å². The van der Waals surface area contributed by atoms with Crippen molar-refractivity contribution in [2.75, 3.05) is 20.0 Å². The molecule has 0 spiro atoms. The molecule has 0 aromatic rings. The highest BCUT2D eigenvalue weighted by Gasteiger charge is 2.16. The van der Waals surface area contributed by atoms with Gasteiger partial charge in [0, 0.05) is 5.75 Å². The van der Waals surface area contributed by atoms with Crippen molar-refractivity contribution >= 4 is 23.7 Å². The van der Waals surface area contributed by atoms with E-state index in [0.29, 0.717) is 12.2 Å². The number of esters is 2. The Labute approximate surface area is 164 Å². The summed E-state index contributed by atoms with van der Waals surface area (Å²) >= 11 is 1.42. The number of hydrogen-bond donors (Lipinski definition) is 0. The van der Waals surface area contributed by atoms with Crippen LogP contribution in [0, 0.1) is 0 Å². The Balaban J connectivity index is 3.75. The Morgan fingerprint density at radius 1 is 0.885 bits per heavy atom. The molecule has 0 heterocycles. The smallest absolute Gasteiger partial charge is 0.322 e. The Bertz CT molecular complexity index is 382. The van der Waals surface area contributed by atoms with E-state index in [4.69, 9.17) is 4.74 Å². The lowest BCUT2D eigenvalue weighted by Gasteiger charge is -2.09. The van der Waals surface area contributed by atoms with Crippen LogP contribution in [0.25, 0.3) is 0 Å². The van der Waals surface area contributed by atoms with Crippen molar-refractivity contribution < 1.29 is 19.1 Å². The monoisotopic (exact) mass is 386 g/mol. The molecule has 1 unspecified atom stereocenters. The van der Waals surface area contributed by atoms with Crippen LogP contribution in [-0.2, 0) is 19.1 Å². The average molecular weight is 387 g/mol. The van der Waals surface area contributed by atoms with Gasteiger partial charge in [0.15, 0.2) is 0 Å². The first-order valence-corrected chi connectivity index (χ1v) is 11.1. The van der Waals surface area contributed by atoms with Crippen LogP contribution in [0.15, 0.2) is 12.2 Å². The highest BCUT2D eigenvalue weighted by Crippen LogP contribution is 2.17. The summed E-state index contributed by atoms with van der Waals surface area (Å²) in [6.45, 7) is 2.25. The first-order chi connectivity index (χ1) is 12.7. The van der Waals surface area contributed by atoms with Gasteiger partial charge in [-0.2, -0.15) is 0 Å². The summed E-state index contributed by atoms with van der Waals surface area (Å²) in [5, 5.41) is -0.340. The lowest BCUT2D eigenvalue weighted by molar-refractivity contribution is -0.140. The quantitative estimate of drug-likeness (QED) is 0.182.